The van der Waals surface area contributed by atoms with E-state index in [0.29, 0.717) is 17.4 Å². The molecule has 2 aliphatic rings. The second-order valence-electron chi connectivity index (χ2n) is 6.14. The van der Waals surface area contributed by atoms with Crippen molar-refractivity contribution < 1.29 is 9.18 Å². The summed E-state index contributed by atoms with van der Waals surface area (Å²) >= 11 is 0. The Labute approximate surface area is 139 Å². The maximum absolute atomic E-state index is 13.1. The number of amides is 2. The van der Waals surface area contributed by atoms with Gasteiger partial charge in [-0.2, -0.15) is 0 Å². The predicted molar refractivity (Wildman–Crippen MR) is 89.1 cm³/mol. The van der Waals surface area contributed by atoms with Crippen LogP contribution in [0.1, 0.15) is 24.0 Å². The number of nitrogens with zero attached hydrogens (tertiary/aromatic N) is 3. The molecule has 0 N–H and O–H groups in total. The molecular formula is C19H16FN3O. The van der Waals surface area contributed by atoms with Crippen LogP contribution < -0.4 is 4.90 Å². The van der Waals surface area contributed by atoms with Gasteiger partial charge in [0.2, 0.25) is 0 Å². The summed E-state index contributed by atoms with van der Waals surface area (Å²) < 4.78 is 13.1. The number of anilines is 1. The zero-order valence-electron chi connectivity index (χ0n) is 13.2. The Morgan fingerprint density at radius 2 is 1.92 bits per heavy atom. The zero-order chi connectivity index (χ0) is 16.7. The molecular weight excluding hydrogens is 305 g/mol. The Bertz CT molecular complexity index is 853. The van der Waals surface area contributed by atoms with Crippen LogP contribution in [-0.2, 0) is 0 Å². The highest BCUT2D eigenvalue weighted by Crippen LogP contribution is 2.38. The lowest BCUT2D eigenvalue weighted by molar-refractivity contribution is 0.196. The summed E-state index contributed by atoms with van der Waals surface area (Å²) in [5.74, 6) is 6.24. The molecule has 0 bridgehead atoms. The van der Waals surface area contributed by atoms with E-state index in [2.05, 4.69) is 16.8 Å². The standard InChI is InChI=1S/C19H16FN3O/c1-22-16-8-9-17(16)23(19(22)24)18-10-7-14(12-21-18)6-5-13-3-2-4-15(20)11-13/h2-4,7,10-12,16-17H,8-9H2,1H3/t16-,17+/m1/s1. The fourth-order valence-corrected chi connectivity index (χ4v) is 3.25. The van der Waals surface area contributed by atoms with Crippen LogP contribution in [0.2, 0.25) is 0 Å². The molecule has 0 spiro atoms. The maximum Gasteiger partial charge on any atom is 0.326 e. The molecule has 1 aliphatic carbocycles. The van der Waals surface area contributed by atoms with Gasteiger partial charge in [0, 0.05) is 24.4 Å². The van der Waals surface area contributed by atoms with Crippen molar-refractivity contribution in [1.82, 2.24) is 9.88 Å². The van der Waals surface area contributed by atoms with E-state index >= 15 is 0 Å². The van der Waals surface area contributed by atoms with Crippen LogP contribution in [0.3, 0.4) is 0 Å². The van der Waals surface area contributed by atoms with Crippen LogP contribution in [0, 0.1) is 17.7 Å². The Kier molecular flexibility index (Phi) is 3.46. The van der Waals surface area contributed by atoms with Gasteiger partial charge in [-0.25, -0.2) is 14.2 Å². The number of carbonyl (C=O) groups excluding carboxylic acids is 1. The molecule has 2 fully saturated rings. The SMILES string of the molecule is CN1C(=O)N(c2ccc(C#Cc3cccc(F)c3)cn2)[C@H]2CC[C@H]21. The smallest absolute Gasteiger partial charge is 0.322 e. The second-order valence-corrected chi connectivity index (χ2v) is 6.14. The molecule has 0 unspecified atom stereocenters. The first-order chi connectivity index (χ1) is 11.6. The van der Waals surface area contributed by atoms with Crippen molar-refractivity contribution in [1.29, 1.82) is 0 Å². The number of urea groups is 1. The van der Waals surface area contributed by atoms with Gasteiger partial charge >= 0.3 is 6.03 Å². The number of hydrogen-bond acceptors (Lipinski definition) is 2. The van der Waals surface area contributed by atoms with Gasteiger partial charge in [-0.15, -0.1) is 0 Å². The fourth-order valence-electron chi connectivity index (χ4n) is 3.25. The molecule has 1 saturated carbocycles. The first kappa shape index (κ1) is 14.7. The number of hydrogen-bond donors (Lipinski definition) is 0. The Balaban J connectivity index is 1.55. The highest BCUT2D eigenvalue weighted by atomic mass is 19.1. The summed E-state index contributed by atoms with van der Waals surface area (Å²) in [6.45, 7) is 0. The van der Waals surface area contributed by atoms with Crippen molar-refractivity contribution in [3.05, 3.63) is 59.5 Å². The molecule has 1 saturated heterocycles. The molecule has 120 valence electrons. The third kappa shape index (κ3) is 2.41. The molecule has 2 amide bonds. The highest BCUT2D eigenvalue weighted by molar-refractivity contribution is 5.95. The Morgan fingerprint density at radius 3 is 2.54 bits per heavy atom. The number of benzene rings is 1. The monoisotopic (exact) mass is 321 g/mol. The van der Waals surface area contributed by atoms with E-state index in [9.17, 15) is 9.18 Å². The third-order valence-electron chi connectivity index (χ3n) is 4.71. The second kappa shape index (κ2) is 5.64. The van der Waals surface area contributed by atoms with Crippen molar-refractivity contribution in [2.75, 3.05) is 11.9 Å². The number of carbonyl (C=O) groups is 1. The quantitative estimate of drug-likeness (QED) is 0.757. The molecule has 4 rings (SSSR count). The van der Waals surface area contributed by atoms with Crippen molar-refractivity contribution >= 4 is 11.8 Å². The number of rotatable bonds is 1. The minimum Gasteiger partial charge on any atom is -0.322 e. The molecule has 1 aromatic carbocycles. The summed E-state index contributed by atoms with van der Waals surface area (Å²) in [5, 5.41) is 0. The molecule has 0 radical (unpaired) electrons. The van der Waals surface area contributed by atoms with Crippen molar-refractivity contribution in [3.63, 3.8) is 0 Å². The summed E-state index contributed by atoms with van der Waals surface area (Å²) in [4.78, 5) is 20.3. The lowest BCUT2D eigenvalue weighted by Crippen LogP contribution is -2.45. The van der Waals surface area contributed by atoms with Crippen molar-refractivity contribution in [2.24, 2.45) is 0 Å². The van der Waals surface area contributed by atoms with Crippen LogP contribution in [-0.4, -0.2) is 35.0 Å². The highest BCUT2D eigenvalue weighted by Gasteiger charge is 2.50. The minimum atomic E-state index is -0.304. The Hall–Kier alpha value is -2.87. The first-order valence-electron chi connectivity index (χ1n) is 7.93. The summed E-state index contributed by atoms with van der Waals surface area (Å²) in [6, 6.07) is 10.4. The van der Waals surface area contributed by atoms with E-state index in [1.54, 1.807) is 28.1 Å². The topological polar surface area (TPSA) is 36.4 Å². The number of fused-ring (bicyclic) bond motifs is 1. The number of likely N-dealkylation sites (N-methyl/N-ethyl adjacent to an activating group) is 1. The fraction of sp³-hybridized carbons (Fsp3) is 0.263. The summed E-state index contributed by atoms with van der Waals surface area (Å²) in [5.41, 5.74) is 1.35. The normalized spacial score (nSPS) is 21.8. The molecule has 2 heterocycles. The van der Waals surface area contributed by atoms with Crippen LogP contribution in [0.4, 0.5) is 15.0 Å². The van der Waals surface area contributed by atoms with Crippen LogP contribution in [0.25, 0.3) is 0 Å². The van der Waals surface area contributed by atoms with Gasteiger partial charge in [-0.05, 0) is 43.2 Å². The first-order valence-corrected chi connectivity index (χ1v) is 7.93. The molecule has 1 aliphatic heterocycles. The van der Waals surface area contributed by atoms with Gasteiger partial charge in [0.05, 0.1) is 12.1 Å². The van der Waals surface area contributed by atoms with Crippen molar-refractivity contribution in [3.8, 4) is 11.8 Å². The molecule has 2 aromatic rings. The average molecular weight is 321 g/mol. The average Bonchev–Trinajstić information content (AvgIpc) is 2.72. The number of halogens is 1. The van der Waals surface area contributed by atoms with Crippen LogP contribution in [0.5, 0.6) is 0 Å². The van der Waals surface area contributed by atoms with E-state index in [4.69, 9.17) is 0 Å². The van der Waals surface area contributed by atoms with E-state index in [1.807, 2.05) is 19.2 Å². The van der Waals surface area contributed by atoms with Gasteiger partial charge in [0.15, 0.2) is 0 Å². The molecule has 1 aromatic heterocycles. The number of aromatic nitrogens is 1. The minimum absolute atomic E-state index is 0.00796. The molecule has 5 heteroatoms. The van der Waals surface area contributed by atoms with Gasteiger partial charge in [0.1, 0.15) is 11.6 Å². The molecule has 4 nitrogen and oxygen atoms in total. The summed E-state index contributed by atoms with van der Waals surface area (Å²) in [7, 11) is 1.85. The largest absolute Gasteiger partial charge is 0.326 e. The van der Waals surface area contributed by atoms with Gasteiger partial charge in [-0.1, -0.05) is 17.9 Å². The lowest BCUT2D eigenvalue weighted by Gasteiger charge is -2.35. The maximum atomic E-state index is 13.1. The lowest BCUT2D eigenvalue weighted by atomic mass is 9.86. The van der Waals surface area contributed by atoms with Gasteiger partial charge < -0.3 is 4.90 Å². The van der Waals surface area contributed by atoms with E-state index in [1.165, 1.54) is 12.1 Å². The summed E-state index contributed by atoms with van der Waals surface area (Å²) in [6.07, 6.45) is 3.73. The predicted octanol–water partition coefficient (Wildman–Crippen LogP) is 3.02. The molecule has 24 heavy (non-hydrogen) atoms. The zero-order valence-corrected chi connectivity index (χ0v) is 13.2. The van der Waals surface area contributed by atoms with E-state index < -0.39 is 0 Å². The Morgan fingerprint density at radius 1 is 1.12 bits per heavy atom. The van der Waals surface area contributed by atoms with Crippen LogP contribution >= 0.6 is 0 Å². The third-order valence-corrected chi connectivity index (χ3v) is 4.71. The van der Waals surface area contributed by atoms with E-state index in [0.717, 1.165) is 18.4 Å². The van der Waals surface area contributed by atoms with Gasteiger partial charge in [-0.3, -0.25) is 4.90 Å². The number of pyridine rings is 1. The van der Waals surface area contributed by atoms with Crippen molar-refractivity contribution in [2.45, 2.75) is 24.9 Å². The van der Waals surface area contributed by atoms with E-state index in [-0.39, 0.29) is 17.9 Å². The molecule has 2 atom stereocenters. The van der Waals surface area contributed by atoms with Gasteiger partial charge in [0.25, 0.3) is 0 Å². The van der Waals surface area contributed by atoms with Crippen LogP contribution in [0.15, 0.2) is 42.6 Å².